The number of piperidine rings is 1. The molecular weight excluding hydrogens is 489 g/mol. The standard InChI is InChI=1S/C23H30F5N5O3/c1-35-17-13-15-16(14-18(17)36-12-4-9-32-7-2-3-8-32)29-21(33-10-5-22(24,25)6-11-33)31-19(15)30-20(34)23(26,27)28/h13-14,20,34H,2-12H2,1H3,(H,29,30,31)/t20-/m0/s1. The summed E-state index contributed by atoms with van der Waals surface area (Å²) in [6.45, 7) is 3.31. The van der Waals surface area contributed by atoms with Crippen molar-refractivity contribution in [1.82, 2.24) is 14.9 Å². The third kappa shape index (κ3) is 6.36. The zero-order valence-corrected chi connectivity index (χ0v) is 20.0. The smallest absolute Gasteiger partial charge is 0.433 e. The molecule has 4 rings (SSSR count). The van der Waals surface area contributed by atoms with Crippen LogP contribution < -0.4 is 19.7 Å². The zero-order valence-electron chi connectivity index (χ0n) is 20.0. The van der Waals surface area contributed by atoms with Gasteiger partial charge in [-0.3, -0.25) is 0 Å². The monoisotopic (exact) mass is 519 g/mol. The summed E-state index contributed by atoms with van der Waals surface area (Å²) in [6.07, 6.45) is -5.52. The Morgan fingerprint density at radius 3 is 2.42 bits per heavy atom. The predicted molar refractivity (Wildman–Crippen MR) is 124 cm³/mol. The second kappa shape index (κ2) is 10.8. The van der Waals surface area contributed by atoms with Crippen LogP contribution in [0.15, 0.2) is 12.1 Å². The first-order valence-electron chi connectivity index (χ1n) is 11.9. The lowest BCUT2D eigenvalue weighted by molar-refractivity contribution is -0.194. The minimum absolute atomic E-state index is 0.0139. The molecule has 8 nitrogen and oxygen atoms in total. The highest BCUT2D eigenvalue weighted by molar-refractivity contribution is 5.93. The number of halogens is 5. The van der Waals surface area contributed by atoms with Crippen LogP contribution in [-0.2, 0) is 0 Å². The van der Waals surface area contributed by atoms with Gasteiger partial charge in [-0.05, 0) is 38.4 Å². The lowest BCUT2D eigenvalue weighted by Gasteiger charge is -2.32. The molecule has 0 spiro atoms. The molecule has 1 atom stereocenters. The highest BCUT2D eigenvalue weighted by Gasteiger charge is 2.39. The molecule has 1 aromatic heterocycles. The third-order valence-electron chi connectivity index (χ3n) is 6.41. The Kier molecular flexibility index (Phi) is 7.88. The fourth-order valence-corrected chi connectivity index (χ4v) is 4.37. The summed E-state index contributed by atoms with van der Waals surface area (Å²) in [4.78, 5) is 12.4. The number of likely N-dealkylation sites (tertiary alicyclic amines) is 1. The van der Waals surface area contributed by atoms with Crippen molar-refractivity contribution in [2.45, 2.75) is 50.4 Å². The van der Waals surface area contributed by atoms with Crippen LogP contribution in [0.4, 0.5) is 33.7 Å². The minimum atomic E-state index is -4.95. The van der Waals surface area contributed by atoms with Gasteiger partial charge in [0.05, 0.1) is 19.2 Å². The van der Waals surface area contributed by atoms with Crippen molar-refractivity contribution in [3.05, 3.63) is 12.1 Å². The highest BCUT2D eigenvalue weighted by Crippen LogP contribution is 2.37. The van der Waals surface area contributed by atoms with E-state index in [1.165, 1.54) is 37.0 Å². The fourth-order valence-electron chi connectivity index (χ4n) is 4.37. The van der Waals surface area contributed by atoms with Crippen LogP contribution in [0, 0.1) is 0 Å². The van der Waals surface area contributed by atoms with Gasteiger partial charge in [0.1, 0.15) is 5.82 Å². The maximum Gasteiger partial charge on any atom is 0.433 e. The van der Waals surface area contributed by atoms with Crippen molar-refractivity contribution in [2.75, 3.05) is 56.7 Å². The Hall–Kier alpha value is -2.67. The largest absolute Gasteiger partial charge is 0.493 e. The van der Waals surface area contributed by atoms with Gasteiger partial charge in [0.15, 0.2) is 11.5 Å². The van der Waals surface area contributed by atoms with E-state index in [1.54, 1.807) is 0 Å². The van der Waals surface area contributed by atoms with Crippen molar-refractivity contribution in [1.29, 1.82) is 0 Å². The van der Waals surface area contributed by atoms with Crippen LogP contribution in [0.2, 0.25) is 0 Å². The summed E-state index contributed by atoms with van der Waals surface area (Å²) >= 11 is 0. The van der Waals surface area contributed by atoms with Gasteiger partial charge < -0.3 is 29.7 Å². The van der Waals surface area contributed by atoms with Gasteiger partial charge in [-0.25, -0.2) is 13.8 Å². The van der Waals surface area contributed by atoms with E-state index >= 15 is 0 Å². The average molecular weight is 520 g/mol. The second-order valence-electron chi connectivity index (χ2n) is 9.07. The molecule has 1 aromatic carbocycles. The van der Waals surface area contributed by atoms with Crippen LogP contribution >= 0.6 is 0 Å². The number of ether oxygens (including phenoxy) is 2. The molecule has 0 saturated carbocycles. The SMILES string of the molecule is COc1cc2c(N[C@@H](O)C(F)(F)F)nc(N3CCC(F)(F)CC3)nc2cc1OCCCN1CCCC1. The van der Waals surface area contributed by atoms with Gasteiger partial charge in [0.2, 0.25) is 12.2 Å². The number of fused-ring (bicyclic) bond motifs is 1. The highest BCUT2D eigenvalue weighted by atomic mass is 19.4. The van der Waals surface area contributed by atoms with Gasteiger partial charge in [0, 0.05) is 43.9 Å². The minimum Gasteiger partial charge on any atom is -0.493 e. The molecule has 2 aromatic rings. The number of hydrogen-bond acceptors (Lipinski definition) is 8. The summed E-state index contributed by atoms with van der Waals surface area (Å²) in [5.74, 6) is -2.51. The van der Waals surface area contributed by atoms with E-state index in [0.717, 1.165) is 26.1 Å². The molecule has 2 aliphatic rings. The van der Waals surface area contributed by atoms with Gasteiger partial charge >= 0.3 is 6.18 Å². The van der Waals surface area contributed by atoms with E-state index in [-0.39, 0.29) is 41.5 Å². The van der Waals surface area contributed by atoms with Gasteiger partial charge in [-0.1, -0.05) is 0 Å². The molecular formula is C23H30F5N5O3. The first-order chi connectivity index (χ1) is 17.1. The van der Waals surface area contributed by atoms with Crippen LogP contribution in [0.3, 0.4) is 0 Å². The maximum atomic E-state index is 13.6. The lowest BCUT2D eigenvalue weighted by atomic mass is 10.1. The van der Waals surface area contributed by atoms with E-state index in [4.69, 9.17) is 9.47 Å². The van der Waals surface area contributed by atoms with Crippen molar-refractivity contribution < 1.29 is 36.5 Å². The Labute approximate surface area is 205 Å². The zero-order chi connectivity index (χ0) is 25.9. The summed E-state index contributed by atoms with van der Waals surface area (Å²) < 4.78 is 77.8. The summed E-state index contributed by atoms with van der Waals surface area (Å²) in [7, 11) is 1.40. The van der Waals surface area contributed by atoms with E-state index in [0.29, 0.717) is 12.4 Å². The van der Waals surface area contributed by atoms with Gasteiger partial charge in [-0.2, -0.15) is 18.2 Å². The van der Waals surface area contributed by atoms with Crippen LogP contribution in [0.5, 0.6) is 11.5 Å². The number of methoxy groups -OCH3 is 1. The number of nitrogens with zero attached hydrogens (tertiary/aromatic N) is 4. The molecule has 13 heteroatoms. The first-order valence-corrected chi connectivity index (χ1v) is 11.9. The molecule has 3 heterocycles. The number of rotatable bonds is 9. The van der Waals surface area contributed by atoms with E-state index < -0.39 is 31.2 Å². The van der Waals surface area contributed by atoms with Crippen molar-refractivity contribution >= 4 is 22.7 Å². The molecule has 200 valence electrons. The quantitative estimate of drug-likeness (QED) is 0.292. The molecule has 0 amide bonds. The Balaban J connectivity index is 1.62. The van der Waals surface area contributed by atoms with E-state index in [2.05, 4.69) is 14.9 Å². The number of aliphatic hydroxyl groups excluding tert-OH is 1. The van der Waals surface area contributed by atoms with E-state index in [9.17, 15) is 27.1 Å². The third-order valence-corrected chi connectivity index (χ3v) is 6.41. The molecule has 36 heavy (non-hydrogen) atoms. The van der Waals surface area contributed by atoms with Gasteiger partial charge in [0.25, 0.3) is 5.92 Å². The van der Waals surface area contributed by atoms with Crippen LogP contribution in [-0.4, -0.2) is 84.7 Å². The number of aliphatic hydroxyl groups is 1. The molecule has 0 unspecified atom stereocenters. The predicted octanol–water partition coefficient (Wildman–Crippen LogP) is 4.03. The lowest BCUT2D eigenvalue weighted by Crippen LogP contribution is -2.40. The van der Waals surface area contributed by atoms with Crippen molar-refractivity contribution in [3.8, 4) is 11.5 Å². The number of anilines is 2. The topological polar surface area (TPSA) is 83.0 Å². The maximum absolute atomic E-state index is 13.6. The summed E-state index contributed by atoms with van der Waals surface area (Å²) in [5.41, 5.74) is 0.226. The Morgan fingerprint density at radius 1 is 1.08 bits per heavy atom. The molecule has 2 N–H and O–H groups in total. The van der Waals surface area contributed by atoms with E-state index in [1.807, 2.05) is 5.32 Å². The van der Waals surface area contributed by atoms with Gasteiger partial charge in [-0.15, -0.1) is 0 Å². The normalized spacial score (nSPS) is 19.5. The molecule has 0 aliphatic carbocycles. The fraction of sp³-hybridized carbons (Fsp3) is 0.652. The Morgan fingerprint density at radius 2 is 1.78 bits per heavy atom. The van der Waals surface area contributed by atoms with Crippen LogP contribution in [0.1, 0.15) is 32.1 Å². The average Bonchev–Trinajstić information content (AvgIpc) is 3.34. The number of aromatic nitrogens is 2. The number of nitrogens with one attached hydrogen (secondary N) is 1. The Bertz CT molecular complexity index is 1040. The number of alkyl halides is 5. The summed E-state index contributed by atoms with van der Waals surface area (Å²) in [6, 6.07) is 2.96. The summed E-state index contributed by atoms with van der Waals surface area (Å²) in [5, 5.41) is 11.7. The number of hydrogen-bond donors (Lipinski definition) is 2. The first kappa shape index (κ1) is 26.4. The molecule has 2 saturated heterocycles. The molecule has 2 fully saturated rings. The number of benzene rings is 1. The van der Waals surface area contributed by atoms with Crippen LogP contribution in [0.25, 0.3) is 10.9 Å². The molecule has 2 aliphatic heterocycles. The van der Waals surface area contributed by atoms with Crippen molar-refractivity contribution in [3.63, 3.8) is 0 Å². The second-order valence-corrected chi connectivity index (χ2v) is 9.07. The molecule has 0 bridgehead atoms. The van der Waals surface area contributed by atoms with Crippen molar-refractivity contribution in [2.24, 2.45) is 0 Å². The molecule has 0 radical (unpaired) electrons.